The Hall–Kier alpha value is -6.34. The summed E-state index contributed by atoms with van der Waals surface area (Å²) in [6.45, 7) is 19.7. The van der Waals surface area contributed by atoms with Crippen LogP contribution in [0.15, 0.2) is 84.9 Å². The number of aryl methyl sites for hydroxylation is 9. The smallest absolute Gasteiger partial charge is 0.0737 e. The van der Waals surface area contributed by atoms with Crippen LogP contribution in [0.5, 0.6) is 0 Å². The van der Waals surface area contributed by atoms with Crippen LogP contribution in [0.4, 0.5) is 0 Å². The van der Waals surface area contributed by atoms with E-state index in [9.17, 15) is 0 Å². The molecular weight excluding hydrogens is 782 g/mol. The molecule has 0 unspecified atom stereocenters. The van der Waals surface area contributed by atoms with Crippen molar-refractivity contribution in [2.24, 2.45) is 0 Å². The monoisotopic (exact) mass is 828 g/mol. The Labute approximate surface area is 366 Å². The molecule has 2 N–H and O–H groups in total. The quantitative estimate of drug-likeness (QED) is 0.137. The maximum Gasteiger partial charge on any atom is 0.0737 e. The van der Waals surface area contributed by atoms with Crippen molar-refractivity contribution in [3.8, 4) is 56.9 Å². The fourth-order valence-corrected chi connectivity index (χ4v) is 9.75. The van der Waals surface area contributed by atoms with Crippen molar-refractivity contribution in [2.45, 2.75) is 62.3 Å². The molecule has 3 aromatic heterocycles. The zero-order chi connectivity index (χ0) is 41.3. The minimum atomic E-state index is 0. The number of terminal acetylenes is 1. The van der Waals surface area contributed by atoms with Crippen LogP contribution in [0, 0.1) is 74.7 Å². The van der Waals surface area contributed by atoms with Gasteiger partial charge in [-0.25, -0.2) is 9.97 Å². The van der Waals surface area contributed by atoms with Crippen molar-refractivity contribution in [1.82, 2.24) is 19.9 Å². The number of aromatic amines is 2. The SMILES string of the molecule is C#Cc1ccc(-c2c3nc(c(-c4c(C)cc(C)cc4C)c4ccc([nH]4)c(-c4c(C)cc(C)cc4C)c4nc(c(-c5c(C)cc(C)cc5C)c5ccc2[nH]5)C=C4)C=C3)cc1.[Zn]. The van der Waals surface area contributed by atoms with Gasteiger partial charge in [-0.15, -0.1) is 6.42 Å². The van der Waals surface area contributed by atoms with E-state index in [-0.39, 0.29) is 19.5 Å². The van der Waals surface area contributed by atoms with Gasteiger partial charge in [-0.2, -0.15) is 0 Å². The maximum absolute atomic E-state index is 5.83. The van der Waals surface area contributed by atoms with Gasteiger partial charge in [-0.05, 0) is 179 Å². The van der Waals surface area contributed by atoms with E-state index in [4.69, 9.17) is 16.4 Å². The number of H-pyrrole nitrogens is 2. The van der Waals surface area contributed by atoms with Gasteiger partial charge in [0.1, 0.15) is 0 Å². The number of aromatic nitrogens is 4. The van der Waals surface area contributed by atoms with Crippen molar-refractivity contribution >= 4 is 46.4 Å². The van der Waals surface area contributed by atoms with Crippen LogP contribution in [0.25, 0.3) is 90.9 Å². The van der Waals surface area contributed by atoms with Gasteiger partial charge < -0.3 is 9.97 Å². The fourth-order valence-electron chi connectivity index (χ4n) is 9.75. The molecule has 9 rings (SSSR count). The Bertz CT molecular complexity index is 3070. The summed E-state index contributed by atoms with van der Waals surface area (Å²) in [5, 5.41) is 0. The summed E-state index contributed by atoms with van der Waals surface area (Å²) < 4.78 is 0. The average Bonchev–Trinajstić information content (AvgIpc) is 4.02. The number of fused-ring (bicyclic) bond motifs is 8. The number of hydrogen-bond acceptors (Lipinski definition) is 2. The third-order valence-corrected chi connectivity index (χ3v) is 11.9. The van der Waals surface area contributed by atoms with Gasteiger partial charge in [-0.3, -0.25) is 0 Å². The molecule has 2 aliphatic heterocycles. The van der Waals surface area contributed by atoms with E-state index in [0.29, 0.717) is 0 Å². The number of benzene rings is 4. The molecule has 2 aliphatic rings. The second-order valence-corrected chi connectivity index (χ2v) is 16.5. The van der Waals surface area contributed by atoms with Gasteiger partial charge >= 0.3 is 0 Å². The van der Waals surface area contributed by atoms with Gasteiger partial charge in [0.15, 0.2) is 0 Å². The second kappa shape index (κ2) is 15.7. The van der Waals surface area contributed by atoms with Gasteiger partial charge in [0.05, 0.1) is 22.8 Å². The Kier molecular flexibility index (Phi) is 10.6. The van der Waals surface area contributed by atoms with Crippen molar-refractivity contribution in [2.75, 3.05) is 0 Å². The van der Waals surface area contributed by atoms with Crippen molar-refractivity contribution in [1.29, 1.82) is 0 Å². The molecule has 60 heavy (non-hydrogen) atoms. The minimum absolute atomic E-state index is 0. The molecule has 0 fully saturated rings. The molecule has 0 spiro atoms. The van der Waals surface area contributed by atoms with Crippen LogP contribution >= 0.6 is 0 Å². The zero-order valence-electron chi connectivity index (χ0n) is 36.1. The van der Waals surface area contributed by atoms with Crippen LogP contribution in [-0.2, 0) is 19.5 Å². The van der Waals surface area contributed by atoms with E-state index < -0.39 is 0 Å². The van der Waals surface area contributed by atoms with Crippen LogP contribution in [0.2, 0.25) is 0 Å². The Morgan fingerprint density at radius 2 is 0.667 bits per heavy atom. The van der Waals surface area contributed by atoms with Gasteiger partial charge in [0.25, 0.3) is 0 Å². The van der Waals surface area contributed by atoms with Crippen LogP contribution < -0.4 is 0 Å². The minimum Gasteiger partial charge on any atom is -0.354 e. The summed E-state index contributed by atoms with van der Waals surface area (Å²) in [7, 11) is 0. The van der Waals surface area contributed by atoms with Crippen molar-refractivity contribution < 1.29 is 19.5 Å². The third kappa shape index (κ3) is 7.00. The van der Waals surface area contributed by atoms with E-state index >= 15 is 0 Å². The molecule has 5 heterocycles. The van der Waals surface area contributed by atoms with Crippen LogP contribution in [0.1, 0.15) is 78.4 Å². The van der Waals surface area contributed by atoms with Gasteiger partial charge in [0.2, 0.25) is 0 Å². The number of nitrogens with one attached hydrogen (secondary N) is 2. The Balaban J connectivity index is 0.00000499. The molecule has 8 bridgehead atoms. The molecule has 4 nitrogen and oxygen atoms in total. The topological polar surface area (TPSA) is 57.4 Å². The molecule has 5 heteroatoms. The summed E-state index contributed by atoms with van der Waals surface area (Å²) in [6.07, 6.45) is 14.5. The Morgan fingerprint density at radius 1 is 0.383 bits per heavy atom. The van der Waals surface area contributed by atoms with Gasteiger partial charge in [0, 0.05) is 69.4 Å². The summed E-state index contributed by atoms with van der Waals surface area (Å²) in [4.78, 5) is 19.0. The second-order valence-electron chi connectivity index (χ2n) is 16.5. The predicted octanol–water partition coefficient (Wildman–Crippen LogP) is 14.1. The number of rotatable bonds is 4. The molecule has 4 aromatic carbocycles. The number of nitrogens with zero attached hydrogens (tertiary/aromatic N) is 2. The first-order valence-electron chi connectivity index (χ1n) is 20.4. The number of hydrogen-bond donors (Lipinski definition) is 2. The van der Waals surface area contributed by atoms with E-state index in [2.05, 4.69) is 175 Å². The molecule has 0 aliphatic carbocycles. The van der Waals surface area contributed by atoms with Crippen LogP contribution in [0.3, 0.4) is 0 Å². The summed E-state index contributed by atoms with van der Waals surface area (Å²) in [5.41, 5.74) is 28.1. The molecule has 0 atom stereocenters. The first-order chi connectivity index (χ1) is 28.4. The van der Waals surface area contributed by atoms with Gasteiger partial charge in [-0.1, -0.05) is 71.1 Å². The van der Waals surface area contributed by atoms with Crippen molar-refractivity contribution in [3.63, 3.8) is 0 Å². The molecule has 0 saturated heterocycles. The van der Waals surface area contributed by atoms with E-state index in [1.807, 2.05) is 12.1 Å². The average molecular weight is 830 g/mol. The van der Waals surface area contributed by atoms with E-state index in [1.165, 1.54) is 66.8 Å². The van der Waals surface area contributed by atoms with E-state index in [0.717, 1.165) is 78.2 Å². The predicted molar refractivity (Wildman–Crippen MR) is 251 cm³/mol. The normalized spacial score (nSPS) is 11.8. The molecule has 0 radical (unpaired) electrons. The standard InChI is InChI=1S/C55H48N4.Zn/c1-11-39-12-14-40(15-13-39)52-41-16-18-43(56-41)53(49-33(5)24-30(2)25-34(49)6)45-20-22-47(58-45)55(51-37(9)28-32(4)29-38(51)10)48-23-21-46(59-48)54(44-19-17-42(52)57-44)50-35(7)26-31(3)27-36(50)8;/h1,12-29,56,59H,2-10H3;. The first kappa shape index (κ1) is 40.4. The molecular formula is C55H48N4Zn. The van der Waals surface area contributed by atoms with Crippen LogP contribution in [-0.4, -0.2) is 19.9 Å². The molecule has 290 valence electrons. The largest absolute Gasteiger partial charge is 0.354 e. The zero-order valence-corrected chi connectivity index (χ0v) is 39.0. The summed E-state index contributed by atoms with van der Waals surface area (Å²) in [5.74, 6) is 2.79. The molecule has 0 amide bonds. The first-order valence-corrected chi connectivity index (χ1v) is 20.4. The molecule has 0 saturated carbocycles. The van der Waals surface area contributed by atoms with Crippen molar-refractivity contribution in [3.05, 3.63) is 163 Å². The fraction of sp³-hybridized carbons (Fsp3) is 0.164. The molecule has 7 aromatic rings. The Morgan fingerprint density at radius 3 is 0.967 bits per heavy atom. The summed E-state index contributed by atoms with van der Waals surface area (Å²) >= 11 is 0. The third-order valence-electron chi connectivity index (χ3n) is 11.9. The maximum atomic E-state index is 5.83. The summed E-state index contributed by atoms with van der Waals surface area (Å²) in [6, 6.07) is 30.7. The van der Waals surface area contributed by atoms with E-state index in [1.54, 1.807) is 0 Å².